The van der Waals surface area contributed by atoms with Gasteiger partial charge in [-0.1, -0.05) is 20.3 Å². The van der Waals surface area contributed by atoms with Gasteiger partial charge < -0.3 is 16.8 Å². The number of halogens is 1. The minimum absolute atomic E-state index is 0. The average Bonchev–Trinajstić information content (AvgIpc) is 2.24. The number of primary amides is 1. The molecule has 0 aromatic heterocycles. The Labute approximate surface area is 114 Å². The molecular weight excluding hydrogens is 254 g/mol. The second-order valence-electron chi connectivity index (χ2n) is 5.26. The molecule has 5 N–H and O–H groups in total. The van der Waals surface area contributed by atoms with Crippen molar-refractivity contribution in [3.05, 3.63) is 0 Å². The lowest BCUT2D eigenvalue weighted by Crippen LogP contribution is -2.50. The van der Waals surface area contributed by atoms with Crippen molar-refractivity contribution in [3.8, 4) is 0 Å². The number of hydrogen-bond acceptors (Lipinski definition) is 3. The van der Waals surface area contributed by atoms with E-state index in [4.69, 9.17) is 11.5 Å². The van der Waals surface area contributed by atoms with Crippen LogP contribution in [0.15, 0.2) is 0 Å². The SMILES string of the molecule is CC(C)C(NC(=O)C1CCCC(N)C1)C(N)=O.Cl. The zero-order valence-electron chi connectivity index (χ0n) is 11.0. The largest absolute Gasteiger partial charge is 0.368 e. The van der Waals surface area contributed by atoms with Crippen molar-refractivity contribution in [1.29, 1.82) is 0 Å². The van der Waals surface area contributed by atoms with Crippen LogP contribution in [0.1, 0.15) is 39.5 Å². The second kappa shape index (κ2) is 7.59. The minimum Gasteiger partial charge on any atom is -0.368 e. The van der Waals surface area contributed by atoms with Gasteiger partial charge >= 0.3 is 0 Å². The van der Waals surface area contributed by atoms with Crippen molar-refractivity contribution in [2.75, 3.05) is 0 Å². The van der Waals surface area contributed by atoms with Gasteiger partial charge in [-0.3, -0.25) is 9.59 Å². The van der Waals surface area contributed by atoms with Crippen molar-refractivity contribution < 1.29 is 9.59 Å². The Morgan fingerprint density at radius 3 is 2.33 bits per heavy atom. The Hall–Kier alpha value is -0.810. The molecule has 106 valence electrons. The van der Waals surface area contributed by atoms with Gasteiger partial charge in [0.05, 0.1) is 0 Å². The normalized spacial score (nSPS) is 25.1. The summed E-state index contributed by atoms with van der Waals surface area (Å²) < 4.78 is 0. The molecule has 6 heteroatoms. The molecule has 1 fully saturated rings. The fraction of sp³-hybridized carbons (Fsp3) is 0.833. The summed E-state index contributed by atoms with van der Waals surface area (Å²) >= 11 is 0. The fourth-order valence-corrected chi connectivity index (χ4v) is 2.30. The summed E-state index contributed by atoms with van der Waals surface area (Å²) in [4.78, 5) is 23.2. The fourth-order valence-electron chi connectivity index (χ4n) is 2.30. The number of nitrogens with two attached hydrogens (primary N) is 2. The molecule has 0 saturated heterocycles. The van der Waals surface area contributed by atoms with Crippen LogP contribution in [0.25, 0.3) is 0 Å². The smallest absolute Gasteiger partial charge is 0.240 e. The van der Waals surface area contributed by atoms with Gasteiger partial charge in [-0.05, 0) is 25.2 Å². The maximum Gasteiger partial charge on any atom is 0.240 e. The zero-order valence-corrected chi connectivity index (χ0v) is 11.8. The Morgan fingerprint density at radius 1 is 1.28 bits per heavy atom. The number of hydrogen-bond donors (Lipinski definition) is 3. The molecule has 1 aliphatic rings. The van der Waals surface area contributed by atoms with Gasteiger partial charge in [-0.25, -0.2) is 0 Å². The van der Waals surface area contributed by atoms with Gasteiger partial charge in [0.2, 0.25) is 11.8 Å². The summed E-state index contributed by atoms with van der Waals surface area (Å²) in [5.74, 6) is -0.626. The first-order valence-electron chi connectivity index (χ1n) is 6.27. The monoisotopic (exact) mass is 277 g/mol. The first-order valence-corrected chi connectivity index (χ1v) is 6.27. The van der Waals surface area contributed by atoms with Crippen LogP contribution in [0.5, 0.6) is 0 Å². The van der Waals surface area contributed by atoms with Crippen molar-refractivity contribution in [1.82, 2.24) is 5.32 Å². The van der Waals surface area contributed by atoms with Crippen molar-refractivity contribution in [2.45, 2.75) is 51.6 Å². The van der Waals surface area contributed by atoms with Gasteiger partial charge in [0.15, 0.2) is 0 Å². The molecule has 3 atom stereocenters. The standard InChI is InChI=1S/C12H23N3O2.ClH/c1-7(2)10(11(14)16)15-12(17)8-4-3-5-9(13)6-8;/h7-10H,3-6,13H2,1-2H3,(H2,14,16)(H,15,17);1H. The molecule has 0 aliphatic heterocycles. The molecule has 0 radical (unpaired) electrons. The van der Waals surface area contributed by atoms with Crippen LogP contribution in [0.4, 0.5) is 0 Å². The Bertz CT molecular complexity index is 297. The molecular formula is C12H24ClN3O2. The predicted octanol–water partition coefficient (Wildman–Crippen LogP) is 0.552. The van der Waals surface area contributed by atoms with Crippen LogP contribution in [0.2, 0.25) is 0 Å². The first-order chi connectivity index (χ1) is 7.91. The summed E-state index contributed by atoms with van der Waals surface area (Å²) in [7, 11) is 0. The highest BCUT2D eigenvalue weighted by atomic mass is 35.5. The number of nitrogens with one attached hydrogen (secondary N) is 1. The third-order valence-electron chi connectivity index (χ3n) is 3.36. The molecule has 1 saturated carbocycles. The predicted molar refractivity (Wildman–Crippen MR) is 73.1 cm³/mol. The van der Waals surface area contributed by atoms with E-state index in [0.29, 0.717) is 6.42 Å². The lowest BCUT2D eigenvalue weighted by atomic mass is 9.85. The Balaban J connectivity index is 0.00000289. The maximum absolute atomic E-state index is 12.0. The molecule has 2 amide bonds. The molecule has 18 heavy (non-hydrogen) atoms. The summed E-state index contributed by atoms with van der Waals surface area (Å²) in [5, 5.41) is 2.74. The van der Waals surface area contributed by atoms with Gasteiger partial charge in [0.1, 0.15) is 6.04 Å². The van der Waals surface area contributed by atoms with E-state index in [0.717, 1.165) is 19.3 Å². The number of rotatable bonds is 4. The van der Waals surface area contributed by atoms with Crippen molar-refractivity contribution in [2.24, 2.45) is 23.3 Å². The maximum atomic E-state index is 12.0. The molecule has 0 aromatic rings. The van der Waals surface area contributed by atoms with E-state index in [1.165, 1.54) is 0 Å². The highest BCUT2D eigenvalue weighted by Crippen LogP contribution is 2.23. The lowest BCUT2D eigenvalue weighted by Gasteiger charge is -2.28. The number of carbonyl (C=O) groups is 2. The third kappa shape index (κ3) is 4.82. The summed E-state index contributed by atoms with van der Waals surface area (Å²) in [6, 6.07) is -0.480. The van der Waals surface area contributed by atoms with Gasteiger partial charge in [0, 0.05) is 12.0 Å². The molecule has 0 heterocycles. The van der Waals surface area contributed by atoms with Crippen LogP contribution < -0.4 is 16.8 Å². The summed E-state index contributed by atoms with van der Waals surface area (Å²) in [5.41, 5.74) is 11.1. The van der Waals surface area contributed by atoms with E-state index in [2.05, 4.69) is 5.32 Å². The highest BCUT2D eigenvalue weighted by Gasteiger charge is 2.29. The average molecular weight is 278 g/mol. The lowest BCUT2D eigenvalue weighted by molar-refractivity contribution is -0.131. The third-order valence-corrected chi connectivity index (χ3v) is 3.36. The van der Waals surface area contributed by atoms with E-state index >= 15 is 0 Å². The van der Waals surface area contributed by atoms with Crippen molar-refractivity contribution >= 4 is 24.2 Å². The number of amides is 2. The van der Waals surface area contributed by atoms with E-state index in [1.54, 1.807) is 0 Å². The molecule has 1 aliphatic carbocycles. The molecule has 1 rings (SSSR count). The highest BCUT2D eigenvalue weighted by molar-refractivity contribution is 5.87. The molecule has 0 aromatic carbocycles. The van der Waals surface area contributed by atoms with Crippen LogP contribution in [-0.2, 0) is 9.59 Å². The summed E-state index contributed by atoms with van der Waals surface area (Å²) in [6.45, 7) is 3.73. The molecule has 5 nitrogen and oxygen atoms in total. The minimum atomic E-state index is -0.583. The van der Waals surface area contributed by atoms with Gasteiger partial charge in [-0.15, -0.1) is 12.4 Å². The Kier molecular flexibility index (Phi) is 7.25. The van der Waals surface area contributed by atoms with E-state index in [-0.39, 0.29) is 36.2 Å². The second-order valence-corrected chi connectivity index (χ2v) is 5.26. The number of carbonyl (C=O) groups excluding carboxylic acids is 2. The van der Waals surface area contributed by atoms with E-state index < -0.39 is 11.9 Å². The molecule has 3 unspecified atom stereocenters. The van der Waals surface area contributed by atoms with Crippen LogP contribution in [0.3, 0.4) is 0 Å². The van der Waals surface area contributed by atoms with Crippen LogP contribution in [-0.4, -0.2) is 23.9 Å². The van der Waals surface area contributed by atoms with E-state index in [1.807, 2.05) is 13.8 Å². The van der Waals surface area contributed by atoms with Gasteiger partial charge in [0.25, 0.3) is 0 Å². The quantitative estimate of drug-likeness (QED) is 0.700. The molecule has 0 bridgehead atoms. The van der Waals surface area contributed by atoms with E-state index in [9.17, 15) is 9.59 Å². The zero-order chi connectivity index (χ0) is 13.0. The summed E-state index contributed by atoms with van der Waals surface area (Å²) in [6.07, 6.45) is 3.51. The topological polar surface area (TPSA) is 98.2 Å². The Morgan fingerprint density at radius 2 is 1.89 bits per heavy atom. The molecule has 0 spiro atoms. The first kappa shape index (κ1) is 17.2. The van der Waals surface area contributed by atoms with Crippen LogP contribution in [0, 0.1) is 11.8 Å². The van der Waals surface area contributed by atoms with Crippen molar-refractivity contribution in [3.63, 3.8) is 0 Å². The van der Waals surface area contributed by atoms with Gasteiger partial charge in [-0.2, -0.15) is 0 Å². The van der Waals surface area contributed by atoms with Crippen LogP contribution >= 0.6 is 12.4 Å².